The van der Waals surface area contributed by atoms with Gasteiger partial charge in [-0.05, 0) is 47.9 Å². The topological polar surface area (TPSA) is 36.9 Å². The lowest BCUT2D eigenvalue weighted by Gasteiger charge is -2.10. The molecule has 0 aliphatic rings. The van der Waals surface area contributed by atoms with Gasteiger partial charge < -0.3 is 18.9 Å². The van der Waals surface area contributed by atoms with Crippen LogP contribution in [-0.4, -0.2) is 28.4 Å². The minimum Gasteiger partial charge on any atom is -0.497 e. The van der Waals surface area contributed by atoms with Crippen LogP contribution in [0.15, 0.2) is 36.4 Å². The van der Waals surface area contributed by atoms with E-state index in [-0.39, 0.29) is 0 Å². The minimum absolute atomic E-state index is 0.709. The highest BCUT2D eigenvalue weighted by Crippen LogP contribution is 2.31. The quantitative estimate of drug-likeness (QED) is 0.746. The van der Waals surface area contributed by atoms with Crippen molar-refractivity contribution in [2.45, 2.75) is 6.92 Å². The molecule has 2 aromatic rings. The summed E-state index contributed by atoms with van der Waals surface area (Å²) in [5.74, 6) is 2.94. The SMILES string of the molecule is COc1cc(/C=C(\C)c2ccc(OC)c(OC)c2)cc(OC)c1. The zero-order valence-corrected chi connectivity index (χ0v) is 14.2. The van der Waals surface area contributed by atoms with Gasteiger partial charge in [-0.3, -0.25) is 0 Å². The van der Waals surface area contributed by atoms with Gasteiger partial charge in [0.15, 0.2) is 11.5 Å². The molecular weight excluding hydrogens is 292 g/mol. The second-order valence-electron chi connectivity index (χ2n) is 5.04. The Balaban J connectivity index is 2.39. The first-order chi connectivity index (χ1) is 11.1. The van der Waals surface area contributed by atoms with Crippen molar-refractivity contribution in [3.8, 4) is 23.0 Å². The van der Waals surface area contributed by atoms with E-state index in [0.717, 1.165) is 28.2 Å². The maximum Gasteiger partial charge on any atom is 0.161 e. The Morgan fingerprint density at radius 2 is 1.35 bits per heavy atom. The fraction of sp³-hybridized carbons (Fsp3) is 0.263. The van der Waals surface area contributed by atoms with Crippen LogP contribution in [0.5, 0.6) is 23.0 Å². The molecule has 2 aromatic carbocycles. The summed E-state index contributed by atoms with van der Waals surface area (Å²) in [4.78, 5) is 0. The summed E-state index contributed by atoms with van der Waals surface area (Å²) in [7, 11) is 6.54. The standard InChI is InChI=1S/C19H22O4/c1-13(15-6-7-18(22-4)19(11-15)23-5)8-14-9-16(20-2)12-17(10-14)21-3/h6-12H,1-5H3/b13-8+. The summed E-state index contributed by atoms with van der Waals surface area (Å²) in [5.41, 5.74) is 3.17. The lowest BCUT2D eigenvalue weighted by Crippen LogP contribution is -1.92. The molecule has 0 radical (unpaired) electrons. The average Bonchev–Trinajstić information content (AvgIpc) is 2.60. The first kappa shape index (κ1) is 16.7. The third-order valence-corrected chi connectivity index (χ3v) is 3.60. The summed E-state index contributed by atoms with van der Waals surface area (Å²) in [5, 5.41) is 0. The third kappa shape index (κ3) is 3.97. The van der Waals surface area contributed by atoms with Gasteiger partial charge in [-0.25, -0.2) is 0 Å². The molecule has 0 saturated carbocycles. The van der Waals surface area contributed by atoms with E-state index in [1.54, 1.807) is 28.4 Å². The molecule has 0 aliphatic heterocycles. The van der Waals surface area contributed by atoms with Crippen LogP contribution in [0.2, 0.25) is 0 Å². The van der Waals surface area contributed by atoms with Crippen LogP contribution in [0.25, 0.3) is 11.6 Å². The van der Waals surface area contributed by atoms with Crippen molar-refractivity contribution in [1.29, 1.82) is 0 Å². The van der Waals surface area contributed by atoms with E-state index in [1.165, 1.54) is 0 Å². The van der Waals surface area contributed by atoms with E-state index in [1.807, 2.05) is 43.3 Å². The number of benzene rings is 2. The second-order valence-corrected chi connectivity index (χ2v) is 5.04. The molecule has 0 saturated heterocycles. The first-order valence-electron chi connectivity index (χ1n) is 7.25. The molecule has 0 aliphatic carbocycles. The van der Waals surface area contributed by atoms with Gasteiger partial charge >= 0.3 is 0 Å². The van der Waals surface area contributed by atoms with Crippen molar-refractivity contribution in [1.82, 2.24) is 0 Å². The number of hydrogen-bond acceptors (Lipinski definition) is 4. The van der Waals surface area contributed by atoms with E-state index in [2.05, 4.69) is 6.08 Å². The minimum atomic E-state index is 0.709. The number of ether oxygens (including phenoxy) is 4. The van der Waals surface area contributed by atoms with Crippen molar-refractivity contribution < 1.29 is 18.9 Å². The molecule has 0 fully saturated rings. The highest BCUT2D eigenvalue weighted by molar-refractivity contribution is 5.81. The Bertz CT molecular complexity index is 682. The third-order valence-electron chi connectivity index (χ3n) is 3.60. The van der Waals surface area contributed by atoms with Crippen molar-refractivity contribution >= 4 is 11.6 Å². The molecule has 0 aromatic heterocycles. The van der Waals surface area contributed by atoms with E-state index >= 15 is 0 Å². The first-order valence-corrected chi connectivity index (χ1v) is 7.25. The van der Waals surface area contributed by atoms with Gasteiger partial charge in [-0.1, -0.05) is 12.1 Å². The monoisotopic (exact) mass is 314 g/mol. The van der Waals surface area contributed by atoms with E-state index in [0.29, 0.717) is 11.5 Å². The second kappa shape index (κ2) is 7.58. The molecule has 122 valence electrons. The number of allylic oxidation sites excluding steroid dienone is 1. The largest absolute Gasteiger partial charge is 0.497 e. The molecular formula is C19H22O4. The van der Waals surface area contributed by atoms with E-state index < -0.39 is 0 Å². The average molecular weight is 314 g/mol. The van der Waals surface area contributed by atoms with Crippen molar-refractivity contribution in [2.75, 3.05) is 28.4 Å². The molecule has 0 amide bonds. The normalized spacial score (nSPS) is 11.1. The van der Waals surface area contributed by atoms with Crippen LogP contribution in [0.1, 0.15) is 18.1 Å². The van der Waals surface area contributed by atoms with Gasteiger partial charge in [-0.2, -0.15) is 0 Å². The molecule has 4 heteroatoms. The van der Waals surface area contributed by atoms with Crippen molar-refractivity contribution in [2.24, 2.45) is 0 Å². The molecule has 0 spiro atoms. The number of methoxy groups -OCH3 is 4. The van der Waals surface area contributed by atoms with Gasteiger partial charge in [0.1, 0.15) is 11.5 Å². The number of hydrogen-bond donors (Lipinski definition) is 0. The van der Waals surface area contributed by atoms with Crippen LogP contribution in [-0.2, 0) is 0 Å². The molecule has 0 atom stereocenters. The summed E-state index contributed by atoms with van der Waals surface area (Å²) in [6.07, 6.45) is 2.08. The molecule has 0 N–H and O–H groups in total. The summed E-state index contributed by atoms with van der Waals surface area (Å²) in [6, 6.07) is 11.6. The Kier molecular flexibility index (Phi) is 5.52. The molecule has 23 heavy (non-hydrogen) atoms. The number of rotatable bonds is 6. The van der Waals surface area contributed by atoms with Gasteiger partial charge in [0.05, 0.1) is 28.4 Å². The van der Waals surface area contributed by atoms with Crippen molar-refractivity contribution in [3.05, 3.63) is 47.5 Å². The smallest absolute Gasteiger partial charge is 0.161 e. The maximum absolute atomic E-state index is 5.36. The molecule has 0 heterocycles. The molecule has 2 rings (SSSR count). The van der Waals surface area contributed by atoms with Gasteiger partial charge in [-0.15, -0.1) is 0 Å². The Labute approximate surface area is 137 Å². The molecule has 0 unspecified atom stereocenters. The summed E-state index contributed by atoms with van der Waals surface area (Å²) in [6.45, 7) is 2.05. The van der Waals surface area contributed by atoms with E-state index in [9.17, 15) is 0 Å². The van der Waals surface area contributed by atoms with E-state index in [4.69, 9.17) is 18.9 Å². The zero-order chi connectivity index (χ0) is 16.8. The fourth-order valence-electron chi connectivity index (χ4n) is 2.33. The van der Waals surface area contributed by atoms with Crippen LogP contribution in [0, 0.1) is 0 Å². The Morgan fingerprint density at radius 3 is 1.87 bits per heavy atom. The van der Waals surface area contributed by atoms with Crippen LogP contribution >= 0.6 is 0 Å². The lowest BCUT2D eigenvalue weighted by atomic mass is 10.0. The van der Waals surface area contributed by atoms with Crippen LogP contribution < -0.4 is 18.9 Å². The predicted octanol–water partition coefficient (Wildman–Crippen LogP) is 4.28. The summed E-state index contributed by atoms with van der Waals surface area (Å²) < 4.78 is 21.2. The highest BCUT2D eigenvalue weighted by atomic mass is 16.5. The fourth-order valence-corrected chi connectivity index (χ4v) is 2.33. The molecule has 4 nitrogen and oxygen atoms in total. The summed E-state index contributed by atoms with van der Waals surface area (Å²) >= 11 is 0. The predicted molar refractivity (Wildman–Crippen MR) is 92.6 cm³/mol. The van der Waals surface area contributed by atoms with Gasteiger partial charge in [0, 0.05) is 6.07 Å². The zero-order valence-electron chi connectivity index (χ0n) is 14.2. The van der Waals surface area contributed by atoms with Crippen LogP contribution in [0.3, 0.4) is 0 Å². The Hall–Kier alpha value is -2.62. The molecule has 0 bridgehead atoms. The van der Waals surface area contributed by atoms with Gasteiger partial charge in [0.2, 0.25) is 0 Å². The lowest BCUT2D eigenvalue weighted by molar-refractivity contribution is 0.355. The highest BCUT2D eigenvalue weighted by Gasteiger charge is 2.06. The van der Waals surface area contributed by atoms with Crippen LogP contribution in [0.4, 0.5) is 0 Å². The van der Waals surface area contributed by atoms with Crippen molar-refractivity contribution in [3.63, 3.8) is 0 Å². The maximum atomic E-state index is 5.36. The van der Waals surface area contributed by atoms with Gasteiger partial charge in [0.25, 0.3) is 0 Å². The Morgan fingerprint density at radius 1 is 0.739 bits per heavy atom.